The molecule has 1 aromatic heterocycles. The highest BCUT2D eigenvalue weighted by atomic mass is 16.5. The van der Waals surface area contributed by atoms with Crippen LogP contribution in [0.2, 0.25) is 0 Å². The summed E-state index contributed by atoms with van der Waals surface area (Å²) in [6, 6.07) is 7.99. The molecule has 0 spiro atoms. The number of aromatic nitrogens is 2. The Hall–Kier alpha value is -2.37. The van der Waals surface area contributed by atoms with Crippen molar-refractivity contribution in [2.75, 3.05) is 6.54 Å². The number of hydrogen-bond acceptors (Lipinski definition) is 5. The van der Waals surface area contributed by atoms with Crippen LogP contribution >= 0.6 is 0 Å². The van der Waals surface area contributed by atoms with E-state index in [4.69, 9.17) is 9.26 Å². The third kappa shape index (κ3) is 4.13. The molecular weight excluding hydrogens is 306 g/mol. The lowest BCUT2D eigenvalue weighted by molar-refractivity contribution is -0.121. The third-order valence-electron chi connectivity index (χ3n) is 4.04. The zero-order valence-corrected chi connectivity index (χ0v) is 14.1. The Morgan fingerprint density at radius 2 is 2.21 bits per heavy atom. The number of carbonyl (C=O) groups excluding carboxylic acids is 1. The maximum Gasteiger partial charge on any atom is 0.226 e. The summed E-state index contributed by atoms with van der Waals surface area (Å²) in [5.41, 5.74) is 1.20. The van der Waals surface area contributed by atoms with Gasteiger partial charge in [0.1, 0.15) is 11.9 Å². The minimum atomic E-state index is 0.0240. The topological polar surface area (TPSA) is 77.2 Å². The van der Waals surface area contributed by atoms with Gasteiger partial charge in [-0.15, -0.1) is 0 Å². The van der Waals surface area contributed by atoms with E-state index in [9.17, 15) is 4.79 Å². The number of ether oxygens (including phenoxy) is 1. The van der Waals surface area contributed by atoms with Gasteiger partial charge in [0, 0.05) is 25.2 Å². The predicted molar refractivity (Wildman–Crippen MR) is 88.9 cm³/mol. The van der Waals surface area contributed by atoms with Gasteiger partial charge in [0.2, 0.25) is 11.8 Å². The fourth-order valence-electron chi connectivity index (χ4n) is 2.69. The number of aryl methyl sites for hydroxylation is 1. The van der Waals surface area contributed by atoms with Crippen molar-refractivity contribution in [1.29, 1.82) is 0 Å². The normalized spacial score (nSPS) is 16.0. The van der Waals surface area contributed by atoms with Crippen LogP contribution in [0.3, 0.4) is 0 Å². The zero-order valence-electron chi connectivity index (χ0n) is 14.1. The van der Waals surface area contributed by atoms with E-state index in [1.165, 1.54) is 5.56 Å². The van der Waals surface area contributed by atoms with Gasteiger partial charge >= 0.3 is 0 Å². The van der Waals surface area contributed by atoms with Gasteiger partial charge in [-0.3, -0.25) is 4.79 Å². The van der Waals surface area contributed by atoms with Crippen molar-refractivity contribution < 1.29 is 14.1 Å². The number of fused-ring (bicyclic) bond motifs is 1. The minimum absolute atomic E-state index is 0.0240. The number of rotatable bonds is 7. The van der Waals surface area contributed by atoms with Gasteiger partial charge in [0.25, 0.3) is 0 Å². The molecule has 0 saturated carbocycles. The minimum Gasteiger partial charge on any atom is -0.488 e. The molecule has 1 aromatic carbocycles. The Bertz CT molecular complexity index is 671. The highest BCUT2D eigenvalue weighted by Gasteiger charge is 2.22. The highest BCUT2D eigenvalue weighted by molar-refractivity contribution is 5.75. The Labute approximate surface area is 141 Å². The monoisotopic (exact) mass is 329 g/mol. The molecule has 0 radical (unpaired) electrons. The largest absolute Gasteiger partial charge is 0.488 e. The van der Waals surface area contributed by atoms with E-state index >= 15 is 0 Å². The highest BCUT2D eigenvalue weighted by Crippen LogP contribution is 2.27. The summed E-state index contributed by atoms with van der Waals surface area (Å²) in [4.78, 5) is 16.3. The predicted octanol–water partition coefficient (Wildman–Crippen LogP) is 2.64. The smallest absolute Gasteiger partial charge is 0.226 e. The van der Waals surface area contributed by atoms with Crippen molar-refractivity contribution >= 4 is 5.91 Å². The molecule has 1 aliphatic heterocycles. The number of benzene rings is 1. The first-order valence-electron chi connectivity index (χ1n) is 8.45. The standard InChI is InChI=1S/C18H23N3O3/c1-12(2)18-20-17(24-21-18)9-5-8-16(22)19-11-14-10-13-6-3-4-7-15(13)23-14/h3-4,6-7,12,14H,5,8-11H2,1-2H3,(H,19,22). The Balaban J connectivity index is 1.35. The fourth-order valence-corrected chi connectivity index (χ4v) is 2.69. The molecule has 6 nitrogen and oxygen atoms in total. The van der Waals surface area contributed by atoms with Crippen molar-refractivity contribution in [3.05, 3.63) is 41.5 Å². The lowest BCUT2D eigenvalue weighted by atomic mass is 10.1. The summed E-state index contributed by atoms with van der Waals surface area (Å²) in [6.07, 6.45) is 2.63. The number of para-hydroxylation sites is 1. The molecule has 1 amide bonds. The van der Waals surface area contributed by atoms with Crippen LogP contribution in [0.25, 0.3) is 0 Å². The van der Waals surface area contributed by atoms with Gasteiger partial charge in [-0.2, -0.15) is 4.98 Å². The molecule has 2 heterocycles. The number of nitrogens with zero attached hydrogens (tertiary/aromatic N) is 2. The van der Waals surface area contributed by atoms with Crippen LogP contribution in [0.4, 0.5) is 0 Å². The molecule has 3 rings (SSSR count). The van der Waals surface area contributed by atoms with E-state index < -0.39 is 0 Å². The first kappa shape index (κ1) is 16.5. The van der Waals surface area contributed by atoms with E-state index in [2.05, 4.69) is 21.5 Å². The average molecular weight is 329 g/mol. The molecule has 1 aliphatic rings. The van der Waals surface area contributed by atoms with Crippen molar-refractivity contribution in [1.82, 2.24) is 15.5 Å². The molecular formula is C18H23N3O3. The maximum atomic E-state index is 11.9. The van der Waals surface area contributed by atoms with Crippen LogP contribution in [-0.4, -0.2) is 28.7 Å². The number of carbonyl (C=O) groups is 1. The molecule has 6 heteroatoms. The Morgan fingerprint density at radius 1 is 1.38 bits per heavy atom. The molecule has 128 valence electrons. The van der Waals surface area contributed by atoms with Gasteiger partial charge in [0.15, 0.2) is 5.82 Å². The van der Waals surface area contributed by atoms with Crippen LogP contribution in [0.1, 0.15) is 49.9 Å². The van der Waals surface area contributed by atoms with Crippen LogP contribution in [0.15, 0.2) is 28.8 Å². The lowest BCUT2D eigenvalue weighted by Crippen LogP contribution is -2.34. The van der Waals surface area contributed by atoms with Gasteiger partial charge in [-0.05, 0) is 18.1 Å². The second-order valence-electron chi connectivity index (χ2n) is 6.41. The van der Waals surface area contributed by atoms with Gasteiger partial charge in [0.05, 0.1) is 6.54 Å². The van der Waals surface area contributed by atoms with Gasteiger partial charge in [-0.1, -0.05) is 37.2 Å². The molecule has 0 aliphatic carbocycles. The van der Waals surface area contributed by atoms with Crippen LogP contribution < -0.4 is 10.1 Å². The quantitative estimate of drug-likeness (QED) is 0.845. The number of nitrogens with one attached hydrogen (secondary N) is 1. The van der Waals surface area contributed by atoms with Crippen molar-refractivity contribution in [3.63, 3.8) is 0 Å². The van der Waals surface area contributed by atoms with E-state index in [1.807, 2.05) is 32.0 Å². The second kappa shape index (κ2) is 7.47. The van der Waals surface area contributed by atoms with Crippen LogP contribution in [0.5, 0.6) is 5.75 Å². The summed E-state index contributed by atoms with van der Waals surface area (Å²) in [7, 11) is 0. The molecule has 0 fully saturated rings. The molecule has 2 aromatic rings. The van der Waals surface area contributed by atoms with E-state index in [-0.39, 0.29) is 17.9 Å². The fraction of sp³-hybridized carbons (Fsp3) is 0.500. The third-order valence-corrected chi connectivity index (χ3v) is 4.04. The first-order chi connectivity index (χ1) is 11.6. The van der Waals surface area contributed by atoms with Gasteiger partial charge in [-0.25, -0.2) is 0 Å². The lowest BCUT2D eigenvalue weighted by Gasteiger charge is -2.11. The zero-order chi connectivity index (χ0) is 16.9. The molecule has 0 bridgehead atoms. The summed E-state index contributed by atoms with van der Waals surface area (Å²) in [5.74, 6) is 2.52. The number of hydrogen-bond donors (Lipinski definition) is 1. The summed E-state index contributed by atoms with van der Waals surface area (Å²) < 4.78 is 11.0. The van der Waals surface area contributed by atoms with Crippen LogP contribution in [-0.2, 0) is 17.6 Å². The molecule has 0 saturated heterocycles. The average Bonchev–Trinajstić information content (AvgIpc) is 3.19. The Kier molecular flexibility index (Phi) is 5.13. The van der Waals surface area contributed by atoms with E-state index in [0.29, 0.717) is 37.5 Å². The molecule has 24 heavy (non-hydrogen) atoms. The molecule has 1 N–H and O–H groups in total. The maximum absolute atomic E-state index is 11.9. The summed E-state index contributed by atoms with van der Waals surface area (Å²) in [6.45, 7) is 4.57. The molecule has 1 unspecified atom stereocenters. The summed E-state index contributed by atoms with van der Waals surface area (Å²) >= 11 is 0. The van der Waals surface area contributed by atoms with Gasteiger partial charge < -0.3 is 14.6 Å². The SMILES string of the molecule is CC(C)c1noc(CCCC(=O)NCC2Cc3ccccc3O2)n1. The molecule has 1 atom stereocenters. The van der Waals surface area contributed by atoms with E-state index in [0.717, 1.165) is 12.2 Å². The van der Waals surface area contributed by atoms with Crippen molar-refractivity contribution in [2.24, 2.45) is 0 Å². The summed E-state index contributed by atoms with van der Waals surface area (Å²) in [5, 5.41) is 6.86. The van der Waals surface area contributed by atoms with Crippen molar-refractivity contribution in [2.45, 2.75) is 51.6 Å². The van der Waals surface area contributed by atoms with Crippen LogP contribution in [0, 0.1) is 0 Å². The van der Waals surface area contributed by atoms with E-state index in [1.54, 1.807) is 0 Å². The van der Waals surface area contributed by atoms with Crippen molar-refractivity contribution in [3.8, 4) is 5.75 Å². The Morgan fingerprint density at radius 3 is 2.96 bits per heavy atom. The number of amides is 1. The first-order valence-corrected chi connectivity index (χ1v) is 8.45. The second-order valence-corrected chi connectivity index (χ2v) is 6.41.